The molecule has 0 aliphatic carbocycles. The molecule has 1 N–H and O–H groups in total. The molecule has 0 aliphatic heterocycles. The molecule has 0 atom stereocenters. The second kappa shape index (κ2) is 9.53. The van der Waals surface area contributed by atoms with E-state index in [-0.39, 0.29) is 5.91 Å². The molecule has 0 saturated carbocycles. The van der Waals surface area contributed by atoms with E-state index in [9.17, 15) is 4.79 Å². The van der Waals surface area contributed by atoms with Gasteiger partial charge in [-0.25, -0.2) is 9.67 Å². The van der Waals surface area contributed by atoms with Crippen molar-refractivity contribution in [3.05, 3.63) is 114 Å². The van der Waals surface area contributed by atoms with E-state index in [2.05, 4.69) is 50.3 Å². The molecule has 6 heteroatoms. The Morgan fingerprint density at radius 2 is 1.61 bits per heavy atom. The fraction of sp³-hybridized carbons (Fsp3) is 0.148. The van der Waals surface area contributed by atoms with Crippen molar-refractivity contribution in [2.75, 3.05) is 0 Å². The Bertz CT molecular complexity index is 1350. The Morgan fingerprint density at radius 3 is 2.45 bits per heavy atom. The van der Waals surface area contributed by atoms with Gasteiger partial charge in [0.05, 0.1) is 29.2 Å². The standard InChI is InChI=1S/C27H25N5O/c33-27(15-14-23-17-30-32(19-23)24-6-2-1-3-7-24)28-16-21-10-12-22(13-11-21)18-31-20-29-25-8-4-5-9-26(25)31/h1-13,17,19-20H,14-16,18H2,(H,28,33). The number of aromatic nitrogens is 4. The summed E-state index contributed by atoms with van der Waals surface area (Å²) in [4.78, 5) is 16.8. The molecule has 3 aromatic carbocycles. The first-order valence-corrected chi connectivity index (χ1v) is 11.1. The minimum absolute atomic E-state index is 0.0384. The van der Waals surface area contributed by atoms with Gasteiger partial charge in [0.15, 0.2) is 0 Å². The first kappa shape index (κ1) is 20.7. The van der Waals surface area contributed by atoms with Crippen LogP contribution in [0.1, 0.15) is 23.1 Å². The van der Waals surface area contributed by atoms with Gasteiger partial charge in [-0.3, -0.25) is 4.79 Å². The van der Waals surface area contributed by atoms with Gasteiger partial charge in [-0.15, -0.1) is 0 Å². The highest BCUT2D eigenvalue weighted by molar-refractivity contribution is 5.76. The van der Waals surface area contributed by atoms with Gasteiger partial charge in [0.2, 0.25) is 5.91 Å². The van der Waals surface area contributed by atoms with E-state index in [0.717, 1.165) is 34.4 Å². The maximum Gasteiger partial charge on any atom is 0.220 e. The molecule has 0 saturated heterocycles. The number of nitrogens with zero attached hydrogens (tertiary/aromatic N) is 4. The molecule has 1 amide bonds. The first-order valence-electron chi connectivity index (χ1n) is 11.1. The Kier molecular flexibility index (Phi) is 5.97. The van der Waals surface area contributed by atoms with Crippen molar-refractivity contribution in [2.24, 2.45) is 0 Å². The van der Waals surface area contributed by atoms with Crippen LogP contribution < -0.4 is 5.32 Å². The molecule has 5 aromatic rings. The number of benzene rings is 3. The van der Waals surface area contributed by atoms with Crippen LogP contribution in [0.3, 0.4) is 0 Å². The molecule has 0 fully saturated rings. The highest BCUT2D eigenvalue weighted by atomic mass is 16.1. The SMILES string of the molecule is O=C(CCc1cnn(-c2ccccc2)c1)NCc1ccc(Cn2cnc3ccccc32)cc1. The highest BCUT2D eigenvalue weighted by Crippen LogP contribution is 2.15. The fourth-order valence-electron chi connectivity index (χ4n) is 3.85. The Labute approximate surface area is 192 Å². The van der Waals surface area contributed by atoms with Crippen molar-refractivity contribution in [1.82, 2.24) is 24.6 Å². The zero-order valence-corrected chi connectivity index (χ0v) is 18.3. The zero-order valence-electron chi connectivity index (χ0n) is 18.3. The number of amides is 1. The van der Waals surface area contributed by atoms with E-state index in [1.807, 2.05) is 71.9 Å². The quantitative estimate of drug-likeness (QED) is 0.390. The molecule has 0 radical (unpaired) electrons. The van der Waals surface area contributed by atoms with Gasteiger partial charge < -0.3 is 9.88 Å². The normalized spacial score (nSPS) is 11.0. The van der Waals surface area contributed by atoms with E-state index in [0.29, 0.717) is 19.4 Å². The second-order valence-corrected chi connectivity index (χ2v) is 8.08. The molecule has 0 spiro atoms. The lowest BCUT2D eigenvalue weighted by atomic mass is 10.1. The number of nitrogens with one attached hydrogen (secondary N) is 1. The van der Waals surface area contributed by atoms with Crippen molar-refractivity contribution in [1.29, 1.82) is 0 Å². The van der Waals surface area contributed by atoms with Gasteiger partial charge in [-0.2, -0.15) is 5.10 Å². The van der Waals surface area contributed by atoms with E-state index in [1.165, 1.54) is 5.56 Å². The smallest absolute Gasteiger partial charge is 0.220 e. The lowest BCUT2D eigenvalue weighted by Gasteiger charge is -2.08. The summed E-state index contributed by atoms with van der Waals surface area (Å²) < 4.78 is 3.98. The number of carbonyl (C=O) groups is 1. The van der Waals surface area contributed by atoms with Crippen molar-refractivity contribution in [2.45, 2.75) is 25.9 Å². The molecule has 5 rings (SSSR count). The predicted octanol–water partition coefficient (Wildman–Crippen LogP) is 4.52. The Balaban J connectivity index is 1.10. The van der Waals surface area contributed by atoms with E-state index in [1.54, 1.807) is 0 Å². The van der Waals surface area contributed by atoms with Crippen molar-refractivity contribution in [3.8, 4) is 5.69 Å². The summed E-state index contributed by atoms with van der Waals surface area (Å²) in [5.41, 5.74) is 6.47. The zero-order chi connectivity index (χ0) is 22.5. The molecule has 2 aromatic heterocycles. The predicted molar refractivity (Wildman–Crippen MR) is 129 cm³/mol. The molecule has 33 heavy (non-hydrogen) atoms. The summed E-state index contributed by atoms with van der Waals surface area (Å²) in [7, 11) is 0. The number of hydrogen-bond donors (Lipinski definition) is 1. The summed E-state index contributed by atoms with van der Waals surface area (Å²) >= 11 is 0. The largest absolute Gasteiger partial charge is 0.352 e. The summed E-state index contributed by atoms with van der Waals surface area (Å²) in [5.74, 6) is 0.0384. The maximum absolute atomic E-state index is 12.3. The molecule has 164 valence electrons. The van der Waals surface area contributed by atoms with E-state index >= 15 is 0 Å². The van der Waals surface area contributed by atoms with Crippen LogP contribution in [0.5, 0.6) is 0 Å². The number of hydrogen-bond acceptors (Lipinski definition) is 3. The van der Waals surface area contributed by atoms with Crippen molar-refractivity contribution in [3.63, 3.8) is 0 Å². The molecule has 2 heterocycles. The van der Waals surface area contributed by atoms with Crippen LogP contribution in [0.15, 0.2) is 97.6 Å². The molecule has 0 aliphatic rings. The summed E-state index contributed by atoms with van der Waals surface area (Å²) in [6, 6.07) is 26.4. The van der Waals surface area contributed by atoms with Gasteiger partial charge in [0, 0.05) is 25.7 Å². The third kappa shape index (κ3) is 5.01. The molecular formula is C27H25N5O. The van der Waals surface area contributed by atoms with Gasteiger partial charge >= 0.3 is 0 Å². The average molecular weight is 436 g/mol. The number of para-hydroxylation sites is 3. The van der Waals surface area contributed by atoms with Gasteiger partial charge in [0.1, 0.15) is 0 Å². The number of carbonyl (C=O) groups excluding carboxylic acids is 1. The third-order valence-electron chi connectivity index (χ3n) is 5.69. The average Bonchev–Trinajstić information content (AvgIpc) is 3.50. The van der Waals surface area contributed by atoms with Crippen LogP contribution >= 0.6 is 0 Å². The minimum atomic E-state index is 0.0384. The third-order valence-corrected chi connectivity index (χ3v) is 5.69. The highest BCUT2D eigenvalue weighted by Gasteiger charge is 2.06. The molecule has 6 nitrogen and oxygen atoms in total. The van der Waals surface area contributed by atoms with Crippen LogP contribution in [0.25, 0.3) is 16.7 Å². The van der Waals surface area contributed by atoms with Crippen molar-refractivity contribution >= 4 is 16.9 Å². The topological polar surface area (TPSA) is 64.7 Å². The van der Waals surface area contributed by atoms with Gasteiger partial charge in [0.25, 0.3) is 0 Å². The lowest BCUT2D eigenvalue weighted by Crippen LogP contribution is -2.22. The van der Waals surface area contributed by atoms with E-state index < -0.39 is 0 Å². The number of aryl methyl sites for hydroxylation is 1. The van der Waals surface area contributed by atoms with E-state index in [4.69, 9.17) is 0 Å². The van der Waals surface area contributed by atoms with Crippen LogP contribution in [0.4, 0.5) is 0 Å². The first-order chi connectivity index (χ1) is 16.2. The monoisotopic (exact) mass is 435 g/mol. The van der Waals surface area contributed by atoms with Crippen molar-refractivity contribution < 1.29 is 4.79 Å². The number of imidazole rings is 1. The van der Waals surface area contributed by atoms with Crippen LogP contribution in [-0.2, 0) is 24.3 Å². The lowest BCUT2D eigenvalue weighted by molar-refractivity contribution is -0.121. The molecule has 0 bridgehead atoms. The molecule has 0 unspecified atom stereocenters. The Hall–Kier alpha value is -4.19. The van der Waals surface area contributed by atoms with Crippen LogP contribution in [0, 0.1) is 0 Å². The number of fused-ring (bicyclic) bond motifs is 1. The van der Waals surface area contributed by atoms with Crippen LogP contribution in [-0.4, -0.2) is 25.2 Å². The summed E-state index contributed by atoms with van der Waals surface area (Å²) in [5, 5.41) is 7.40. The van der Waals surface area contributed by atoms with Gasteiger partial charge in [-0.1, -0.05) is 54.6 Å². The minimum Gasteiger partial charge on any atom is -0.352 e. The number of rotatable bonds is 8. The molecular weight excluding hydrogens is 410 g/mol. The summed E-state index contributed by atoms with van der Waals surface area (Å²) in [6.45, 7) is 1.29. The summed E-state index contributed by atoms with van der Waals surface area (Å²) in [6.07, 6.45) is 6.78. The van der Waals surface area contributed by atoms with Gasteiger partial charge in [-0.05, 0) is 47.4 Å². The Morgan fingerprint density at radius 1 is 0.848 bits per heavy atom. The van der Waals surface area contributed by atoms with Crippen LogP contribution in [0.2, 0.25) is 0 Å². The fourth-order valence-corrected chi connectivity index (χ4v) is 3.85. The maximum atomic E-state index is 12.3. The second-order valence-electron chi connectivity index (χ2n) is 8.08.